The Hall–Kier alpha value is -2.82. The van der Waals surface area contributed by atoms with Gasteiger partial charge in [0.25, 0.3) is 0 Å². The van der Waals surface area contributed by atoms with E-state index in [4.69, 9.17) is 20.9 Å². The predicted molar refractivity (Wildman–Crippen MR) is 109 cm³/mol. The van der Waals surface area contributed by atoms with Crippen LogP contribution in [0.2, 0.25) is 0 Å². The van der Waals surface area contributed by atoms with E-state index in [1.54, 1.807) is 0 Å². The molecule has 0 fully saturated rings. The fourth-order valence-corrected chi connectivity index (χ4v) is 2.89. The molecule has 4 heteroatoms. The zero-order valence-electron chi connectivity index (χ0n) is 15.7. The minimum Gasteiger partial charge on any atom is -0.489 e. The molecule has 0 aliphatic rings. The van der Waals surface area contributed by atoms with Crippen LogP contribution in [-0.4, -0.2) is 0 Å². The molecule has 0 saturated carbocycles. The van der Waals surface area contributed by atoms with E-state index >= 15 is 0 Å². The topological polar surface area (TPSA) is 70.5 Å². The van der Waals surface area contributed by atoms with Gasteiger partial charge in [0.1, 0.15) is 24.7 Å². The molecule has 0 bridgehead atoms. The third-order valence-corrected chi connectivity index (χ3v) is 4.33. The summed E-state index contributed by atoms with van der Waals surface area (Å²) in [7, 11) is 0. The molecule has 3 aromatic carbocycles. The maximum absolute atomic E-state index is 5.90. The quantitative estimate of drug-likeness (QED) is 0.634. The van der Waals surface area contributed by atoms with Crippen molar-refractivity contribution in [2.24, 2.45) is 11.5 Å². The molecule has 0 saturated heterocycles. The van der Waals surface area contributed by atoms with Gasteiger partial charge in [0, 0.05) is 13.1 Å². The normalized spacial score (nSPS) is 10.6. The van der Waals surface area contributed by atoms with E-state index in [1.165, 1.54) is 5.56 Å². The van der Waals surface area contributed by atoms with Crippen LogP contribution >= 0.6 is 0 Å². The molecular formula is C23H26N2O2. The van der Waals surface area contributed by atoms with Crippen molar-refractivity contribution in [3.63, 3.8) is 0 Å². The maximum Gasteiger partial charge on any atom is 0.119 e. The number of rotatable bonds is 8. The zero-order valence-corrected chi connectivity index (χ0v) is 15.7. The molecule has 0 radical (unpaired) electrons. The van der Waals surface area contributed by atoms with Gasteiger partial charge in [-0.25, -0.2) is 0 Å². The average Bonchev–Trinajstić information content (AvgIpc) is 2.71. The number of hydrogen-bond acceptors (Lipinski definition) is 4. The molecular weight excluding hydrogens is 336 g/mol. The highest BCUT2D eigenvalue weighted by Gasteiger charge is 2.03. The summed E-state index contributed by atoms with van der Waals surface area (Å²) in [6.07, 6.45) is 0. The molecule has 3 rings (SSSR count). The minimum atomic E-state index is 0.516. The second kappa shape index (κ2) is 9.21. The van der Waals surface area contributed by atoms with Gasteiger partial charge in [-0.05, 0) is 59.5 Å². The molecule has 0 aromatic heterocycles. The number of aryl methyl sites for hydroxylation is 1. The first kappa shape index (κ1) is 19.0. The molecule has 0 atom stereocenters. The van der Waals surface area contributed by atoms with Gasteiger partial charge in [0.05, 0.1) is 0 Å². The van der Waals surface area contributed by atoms with E-state index in [9.17, 15) is 0 Å². The van der Waals surface area contributed by atoms with Gasteiger partial charge in [0.15, 0.2) is 0 Å². The highest BCUT2D eigenvalue weighted by molar-refractivity contribution is 5.32. The molecule has 0 aliphatic carbocycles. The van der Waals surface area contributed by atoms with Crippen LogP contribution in [0.25, 0.3) is 0 Å². The highest BCUT2D eigenvalue weighted by atomic mass is 16.5. The fourth-order valence-electron chi connectivity index (χ4n) is 2.89. The molecule has 27 heavy (non-hydrogen) atoms. The lowest BCUT2D eigenvalue weighted by molar-refractivity contribution is 0.299. The Balaban J connectivity index is 1.60. The van der Waals surface area contributed by atoms with Crippen LogP contribution in [-0.2, 0) is 26.3 Å². The monoisotopic (exact) mass is 362 g/mol. The maximum atomic E-state index is 5.90. The fraction of sp³-hybridized carbons (Fsp3) is 0.217. The number of ether oxygens (including phenoxy) is 2. The Morgan fingerprint density at radius 3 is 1.37 bits per heavy atom. The lowest BCUT2D eigenvalue weighted by atomic mass is 10.1. The molecule has 0 amide bonds. The first-order valence-electron chi connectivity index (χ1n) is 9.09. The Bertz CT molecular complexity index is 789. The van der Waals surface area contributed by atoms with Gasteiger partial charge in [0.2, 0.25) is 0 Å². The summed E-state index contributed by atoms with van der Waals surface area (Å²) in [5.41, 5.74) is 16.9. The number of hydrogen-bond donors (Lipinski definition) is 2. The van der Waals surface area contributed by atoms with Crippen LogP contribution in [0.15, 0.2) is 66.7 Å². The molecule has 0 heterocycles. The third-order valence-electron chi connectivity index (χ3n) is 4.33. The van der Waals surface area contributed by atoms with Crippen LogP contribution in [0.4, 0.5) is 0 Å². The van der Waals surface area contributed by atoms with E-state index in [-0.39, 0.29) is 0 Å². The summed E-state index contributed by atoms with van der Waals surface area (Å²) in [5.74, 6) is 1.68. The molecule has 4 nitrogen and oxygen atoms in total. The van der Waals surface area contributed by atoms with Crippen molar-refractivity contribution in [2.45, 2.75) is 33.2 Å². The van der Waals surface area contributed by atoms with Gasteiger partial charge in [-0.15, -0.1) is 0 Å². The summed E-state index contributed by atoms with van der Waals surface area (Å²) in [6, 6.07) is 22.1. The summed E-state index contributed by atoms with van der Waals surface area (Å²) < 4.78 is 11.8. The molecule has 0 spiro atoms. The largest absolute Gasteiger partial charge is 0.489 e. The number of nitrogens with two attached hydrogens (primary N) is 2. The first-order chi connectivity index (χ1) is 13.2. The van der Waals surface area contributed by atoms with Gasteiger partial charge in [-0.2, -0.15) is 0 Å². The average molecular weight is 362 g/mol. The lowest BCUT2D eigenvalue weighted by Crippen LogP contribution is -2.01. The van der Waals surface area contributed by atoms with Crippen LogP contribution in [0, 0.1) is 6.92 Å². The minimum absolute atomic E-state index is 0.516. The summed E-state index contributed by atoms with van der Waals surface area (Å²) in [6.45, 7) is 4.19. The van der Waals surface area contributed by atoms with E-state index in [0.29, 0.717) is 26.3 Å². The van der Waals surface area contributed by atoms with E-state index in [0.717, 1.165) is 33.8 Å². The third kappa shape index (κ3) is 5.58. The van der Waals surface area contributed by atoms with Crippen molar-refractivity contribution in [1.82, 2.24) is 0 Å². The van der Waals surface area contributed by atoms with Gasteiger partial charge in [-0.3, -0.25) is 0 Å². The lowest BCUT2D eigenvalue weighted by Gasteiger charge is -2.11. The molecule has 4 N–H and O–H groups in total. The summed E-state index contributed by atoms with van der Waals surface area (Å²) in [4.78, 5) is 0. The second-order valence-electron chi connectivity index (χ2n) is 6.60. The van der Waals surface area contributed by atoms with E-state index in [1.807, 2.05) is 48.5 Å². The summed E-state index contributed by atoms with van der Waals surface area (Å²) in [5, 5.41) is 0. The Morgan fingerprint density at radius 1 is 0.593 bits per heavy atom. The van der Waals surface area contributed by atoms with Gasteiger partial charge in [-0.1, -0.05) is 42.0 Å². The van der Waals surface area contributed by atoms with Gasteiger partial charge >= 0.3 is 0 Å². The Labute approximate surface area is 160 Å². The smallest absolute Gasteiger partial charge is 0.119 e. The van der Waals surface area contributed by atoms with Crippen molar-refractivity contribution < 1.29 is 9.47 Å². The Morgan fingerprint density at radius 2 is 1.00 bits per heavy atom. The highest BCUT2D eigenvalue weighted by Crippen LogP contribution is 2.18. The predicted octanol–water partition coefficient (Wildman–Crippen LogP) is 4.07. The molecule has 0 unspecified atom stereocenters. The molecule has 140 valence electrons. The number of benzene rings is 3. The van der Waals surface area contributed by atoms with E-state index in [2.05, 4.69) is 25.1 Å². The second-order valence-corrected chi connectivity index (χ2v) is 6.60. The van der Waals surface area contributed by atoms with Crippen molar-refractivity contribution in [2.75, 3.05) is 0 Å². The van der Waals surface area contributed by atoms with Crippen molar-refractivity contribution in [3.8, 4) is 11.5 Å². The van der Waals surface area contributed by atoms with Crippen LogP contribution in [0.5, 0.6) is 11.5 Å². The van der Waals surface area contributed by atoms with Crippen LogP contribution in [0.1, 0.15) is 27.8 Å². The van der Waals surface area contributed by atoms with Crippen molar-refractivity contribution in [3.05, 3.63) is 94.5 Å². The van der Waals surface area contributed by atoms with E-state index < -0.39 is 0 Å². The van der Waals surface area contributed by atoms with Gasteiger partial charge < -0.3 is 20.9 Å². The summed E-state index contributed by atoms with van der Waals surface area (Å²) >= 11 is 0. The standard InChI is InChI=1S/C23H26N2O2/c1-17-10-20(15-26-22-6-2-18(13-24)3-7-22)12-21(11-17)16-27-23-8-4-19(14-25)5-9-23/h2-12H,13-16,24-25H2,1H3. The molecule has 0 aliphatic heterocycles. The first-order valence-corrected chi connectivity index (χ1v) is 9.09. The van der Waals surface area contributed by atoms with Crippen LogP contribution < -0.4 is 20.9 Å². The zero-order chi connectivity index (χ0) is 19.1. The van der Waals surface area contributed by atoms with Crippen LogP contribution in [0.3, 0.4) is 0 Å². The SMILES string of the molecule is Cc1cc(COc2ccc(CN)cc2)cc(COc2ccc(CN)cc2)c1. The van der Waals surface area contributed by atoms with Crippen molar-refractivity contribution >= 4 is 0 Å². The van der Waals surface area contributed by atoms with Crippen molar-refractivity contribution in [1.29, 1.82) is 0 Å². The molecule has 3 aromatic rings. The Kier molecular flexibility index (Phi) is 6.47.